The molecular formula is C12H24N4. The van der Waals surface area contributed by atoms with Crippen LogP contribution in [0.15, 0.2) is 12.4 Å². The smallest absolute Gasteiger partial charge is 0.125 e. The van der Waals surface area contributed by atoms with Gasteiger partial charge in [-0.15, -0.1) is 0 Å². The summed E-state index contributed by atoms with van der Waals surface area (Å²) in [6.07, 6.45) is 4.96. The van der Waals surface area contributed by atoms with E-state index in [4.69, 9.17) is 0 Å². The van der Waals surface area contributed by atoms with E-state index in [1.807, 2.05) is 26.5 Å². The van der Waals surface area contributed by atoms with Gasteiger partial charge in [-0.1, -0.05) is 13.8 Å². The van der Waals surface area contributed by atoms with Gasteiger partial charge in [0.15, 0.2) is 0 Å². The molecule has 1 unspecified atom stereocenters. The molecule has 0 aliphatic carbocycles. The van der Waals surface area contributed by atoms with Crippen LogP contribution in [0.25, 0.3) is 0 Å². The lowest BCUT2D eigenvalue weighted by Crippen LogP contribution is -2.29. The fourth-order valence-corrected chi connectivity index (χ4v) is 1.97. The molecule has 1 N–H and O–H groups in total. The average Bonchev–Trinajstić information content (AvgIpc) is 2.71. The first-order valence-corrected chi connectivity index (χ1v) is 6.09. The third-order valence-electron chi connectivity index (χ3n) is 3.15. The monoisotopic (exact) mass is 224 g/mol. The topological polar surface area (TPSA) is 33.1 Å². The van der Waals surface area contributed by atoms with E-state index >= 15 is 0 Å². The molecule has 0 aliphatic heterocycles. The van der Waals surface area contributed by atoms with Crippen molar-refractivity contribution in [1.29, 1.82) is 0 Å². The summed E-state index contributed by atoms with van der Waals surface area (Å²) in [5, 5.41) is 3.34. The number of aromatic nitrogens is 2. The summed E-state index contributed by atoms with van der Waals surface area (Å²) in [5.41, 5.74) is 0. The Morgan fingerprint density at radius 3 is 2.56 bits per heavy atom. The first-order chi connectivity index (χ1) is 7.72. The zero-order valence-electron chi connectivity index (χ0n) is 10.9. The molecule has 0 aromatic carbocycles. The molecule has 0 aliphatic rings. The summed E-state index contributed by atoms with van der Waals surface area (Å²) >= 11 is 0. The third kappa shape index (κ3) is 3.32. The van der Waals surface area contributed by atoms with Crippen molar-refractivity contribution in [2.24, 2.45) is 7.05 Å². The van der Waals surface area contributed by atoms with Crippen molar-refractivity contribution < 1.29 is 0 Å². The molecule has 0 bridgehead atoms. The maximum absolute atomic E-state index is 4.40. The lowest BCUT2D eigenvalue weighted by molar-refractivity contribution is 0.281. The quantitative estimate of drug-likeness (QED) is 0.760. The zero-order chi connectivity index (χ0) is 12.0. The van der Waals surface area contributed by atoms with Crippen molar-refractivity contribution in [2.45, 2.75) is 26.3 Å². The largest absolute Gasteiger partial charge is 0.337 e. The lowest BCUT2D eigenvalue weighted by atomic mass is 10.2. The van der Waals surface area contributed by atoms with Gasteiger partial charge < -0.3 is 14.8 Å². The van der Waals surface area contributed by atoms with Crippen LogP contribution in [0.2, 0.25) is 0 Å². The molecule has 1 aromatic rings. The Kier molecular flexibility index (Phi) is 5.49. The highest BCUT2D eigenvalue weighted by Gasteiger charge is 2.14. The van der Waals surface area contributed by atoms with E-state index in [0.29, 0.717) is 6.04 Å². The van der Waals surface area contributed by atoms with Crippen molar-refractivity contribution in [1.82, 2.24) is 19.8 Å². The van der Waals surface area contributed by atoms with Crippen LogP contribution in [-0.4, -0.2) is 41.1 Å². The number of aryl methyl sites for hydroxylation is 1. The summed E-state index contributed by atoms with van der Waals surface area (Å²) in [6.45, 7) is 7.77. The highest BCUT2D eigenvalue weighted by atomic mass is 15.1. The predicted octanol–water partition coefficient (Wildman–Crippen LogP) is 1.41. The van der Waals surface area contributed by atoms with E-state index in [2.05, 4.69) is 33.6 Å². The SMILES string of the molecule is CCN(CC)CCC(NC)c1nccn1C. The number of imidazole rings is 1. The molecule has 4 heteroatoms. The Bertz CT molecular complexity index is 291. The lowest BCUT2D eigenvalue weighted by Gasteiger charge is -2.22. The molecule has 0 saturated heterocycles. The molecule has 0 saturated carbocycles. The third-order valence-corrected chi connectivity index (χ3v) is 3.15. The summed E-state index contributed by atoms with van der Waals surface area (Å²) in [6, 6.07) is 0.348. The summed E-state index contributed by atoms with van der Waals surface area (Å²) in [5.74, 6) is 1.12. The van der Waals surface area contributed by atoms with Gasteiger partial charge in [-0.05, 0) is 26.6 Å². The van der Waals surface area contributed by atoms with Gasteiger partial charge in [0.1, 0.15) is 5.82 Å². The number of rotatable bonds is 7. The Morgan fingerprint density at radius 1 is 1.44 bits per heavy atom. The molecule has 0 spiro atoms. The van der Waals surface area contributed by atoms with Gasteiger partial charge in [0.05, 0.1) is 6.04 Å². The molecule has 0 amide bonds. The molecule has 0 fully saturated rings. The van der Waals surface area contributed by atoms with E-state index in [9.17, 15) is 0 Å². The van der Waals surface area contributed by atoms with Crippen LogP contribution >= 0.6 is 0 Å². The highest BCUT2D eigenvalue weighted by molar-refractivity contribution is 4.98. The second kappa shape index (κ2) is 6.66. The number of nitrogens with one attached hydrogen (secondary N) is 1. The standard InChI is InChI=1S/C12H24N4/c1-5-16(6-2)9-7-11(13-3)12-14-8-10-15(12)4/h8,10-11,13H,5-7,9H2,1-4H3. The number of hydrogen-bond acceptors (Lipinski definition) is 3. The minimum atomic E-state index is 0.348. The van der Waals surface area contributed by atoms with Gasteiger partial charge in [-0.3, -0.25) is 0 Å². The van der Waals surface area contributed by atoms with Gasteiger partial charge in [0, 0.05) is 26.0 Å². The number of hydrogen-bond donors (Lipinski definition) is 1. The van der Waals surface area contributed by atoms with Crippen LogP contribution < -0.4 is 5.32 Å². The first kappa shape index (κ1) is 13.2. The summed E-state index contributed by atoms with van der Waals surface area (Å²) in [7, 11) is 4.05. The van der Waals surface area contributed by atoms with E-state index < -0.39 is 0 Å². The normalized spacial score (nSPS) is 13.3. The Hall–Kier alpha value is -0.870. The van der Waals surface area contributed by atoms with Crippen molar-refractivity contribution in [2.75, 3.05) is 26.7 Å². The average molecular weight is 224 g/mol. The Balaban J connectivity index is 2.53. The van der Waals surface area contributed by atoms with Crippen molar-refractivity contribution >= 4 is 0 Å². The molecule has 1 rings (SSSR count). The van der Waals surface area contributed by atoms with Crippen LogP contribution in [0.3, 0.4) is 0 Å². The first-order valence-electron chi connectivity index (χ1n) is 6.09. The van der Waals surface area contributed by atoms with E-state index in [1.54, 1.807) is 0 Å². The summed E-state index contributed by atoms with van der Waals surface area (Å²) in [4.78, 5) is 6.84. The zero-order valence-corrected chi connectivity index (χ0v) is 10.9. The van der Waals surface area contributed by atoms with Gasteiger partial charge in [-0.2, -0.15) is 0 Å². The molecule has 4 nitrogen and oxygen atoms in total. The van der Waals surface area contributed by atoms with Crippen LogP contribution in [0, 0.1) is 0 Å². The van der Waals surface area contributed by atoms with E-state index in [-0.39, 0.29) is 0 Å². The molecule has 16 heavy (non-hydrogen) atoms. The second-order valence-electron chi connectivity index (χ2n) is 4.05. The molecule has 92 valence electrons. The van der Waals surface area contributed by atoms with E-state index in [1.165, 1.54) is 0 Å². The van der Waals surface area contributed by atoms with E-state index in [0.717, 1.165) is 31.9 Å². The highest BCUT2D eigenvalue weighted by Crippen LogP contribution is 2.13. The van der Waals surface area contributed by atoms with Crippen LogP contribution in [-0.2, 0) is 7.05 Å². The van der Waals surface area contributed by atoms with Crippen molar-refractivity contribution in [3.63, 3.8) is 0 Å². The molecule has 0 radical (unpaired) electrons. The second-order valence-corrected chi connectivity index (χ2v) is 4.05. The maximum atomic E-state index is 4.40. The van der Waals surface area contributed by atoms with Crippen LogP contribution in [0.5, 0.6) is 0 Å². The predicted molar refractivity (Wildman–Crippen MR) is 67.4 cm³/mol. The number of nitrogens with zero attached hydrogens (tertiary/aromatic N) is 3. The summed E-state index contributed by atoms with van der Waals surface area (Å²) < 4.78 is 2.09. The van der Waals surface area contributed by atoms with Crippen molar-refractivity contribution in [3.8, 4) is 0 Å². The van der Waals surface area contributed by atoms with Crippen molar-refractivity contribution in [3.05, 3.63) is 18.2 Å². The Morgan fingerprint density at radius 2 is 2.12 bits per heavy atom. The molecule has 1 heterocycles. The van der Waals surface area contributed by atoms with Gasteiger partial charge in [-0.25, -0.2) is 4.98 Å². The molecule has 1 aromatic heterocycles. The van der Waals surface area contributed by atoms with Gasteiger partial charge in [0.2, 0.25) is 0 Å². The fourth-order valence-electron chi connectivity index (χ4n) is 1.97. The van der Waals surface area contributed by atoms with Gasteiger partial charge >= 0.3 is 0 Å². The Labute approximate surface area is 98.7 Å². The van der Waals surface area contributed by atoms with Crippen LogP contribution in [0.4, 0.5) is 0 Å². The minimum absolute atomic E-state index is 0.348. The van der Waals surface area contributed by atoms with Gasteiger partial charge in [0.25, 0.3) is 0 Å². The van der Waals surface area contributed by atoms with Crippen LogP contribution in [0.1, 0.15) is 32.1 Å². The fraction of sp³-hybridized carbons (Fsp3) is 0.750. The maximum Gasteiger partial charge on any atom is 0.125 e. The molecular weight excluding hydrogens is 200 g/mol. The minimum Gasteiger partial charge on any atom is -0.337 e. The molecule has 1 atom stereocenters.